The molecule has 1 aromatic carbocycles. The van der Waals surface area contributed by atoms with Crippen LogP contribution in [0.5, 0.6) is 0 Å². The second kappa shape index (κ2) is 7.10. The summed E-state index contributed by atoms with van der Waals surface area (Å²) in [4.78, 5) is 6.98. The molecule has 0 amide bonds. The number of fused-ring (bicyclic) bond motifs is 1. The van der Waals surface area contributed by atoms with Gasteiger partial charge in [0.25, 0.3) is 0 Å². The van der Waals surface area contributed by atoms with Gasteiger partial charge in [0, 0.05) is 17.1 Å². The molecule has 0 atom stereocenters. The molecule has 1 N–H and O–H groups in total. The lowest BCUT2D eigenvalue weighted by Gasteiger charge is -1.92. The van der Waals surface area contributed by atoms with Crippen molar-refractivity contribution in [2.75, 3.05) is 6.61 Å². The van der Waals surface area contributed by atoms with Gasteiger partial charge in [-0.05, 0) is 24.3 Å². The Morgan fingerprint density at radius 1 is 1.14 bits per heavy atom. The van der Waals surface area contributed by atoms with Crippen molar-refractivity contribution in [1.82, 2.24) is 4.98 Å². The number of benzene rings is 1. The molecule has 0 fully saturated rings. The van der Waals surface area contributed by atoms with Crippen LogP contribution >= 0.6 is 34.4 Å². The topological polar surface area (TPSA) is 33.1 Å². The van der Waals surface area contributed by atoms with Gasteiger partial charge in [0.05, 0.1) is 21.7 Å². The third-order valence-corrected chi connectivity index (χ3v) is 6.13. The highest BCUT2D eigenvalue weighted by Crippen LogP contribution is 2.32. The van der Waals surface area contributed by atoms with Gasteiger partial charge < -0.3 is 5.11 Å². The first kappa shape index (κ1) is 14.6. The first-order valence-electron chi connectivity index (χ1n) is 6.52. The lowest BCUT2D eigenvalue weighted by Crippen LogP contribution is -1.75. The highest BCUT2D eigenvalue weighted by Gasteiger charge is 2.05. The van der Waals surface area contributed by atoms with E-state index < -0.39 is 0 Å². The van der Waals surface area contributed by atoms with E-state index in [1.54, 1.807) is 34.4 Å². The predicted octanol–water partition coefficient (Wildman–Crippen LogP) is 4.38. The zero-order chi connectivity index (χ0) is 14.5. The maximum Gasteiger partial charge on any atom is 0.151 e. The van der Waals surface area contributed by atoms with Gasteiger partial charge in [0.2, 0.25) is 0 Å². The standard InChI is InChI=1S/C16H13NOS3/c18-10-4-3-5-12-8-9-13(20-12)11-19-16-17-14-6-1-2-7-15(14)21-16/h1-2,6-9,18H,4,10-11H2. The molecule has 3 aromatic rings. The van der Waals surface area contributed by atoms with E-state index in [0.717, 1.165) is 20.5 Å². The van der Waals surface area contributed by atoms with E-state index in [9.17, 15) is 0 Å². The smallest absolute Gasteiger partial charge is 0.151 e. The Labute approximate surface area is 135 Å². The molecule has 3 rings (SSSR count). The molecule has 0 radical (unpaired) electrons. The Kier molecular flexibility index (Phi) is 4.94. The lowest BCUT2D eigenvalue weighted by molar-refractivity contribution is 0.305. The normalized spacial score (nSPS) is 10.5. The summed E-state index contributed by atoms with van der Waals surface area (Å²) in [5.41, 5.74) is 1.08. The summed E-state index contributed by atoms with van der Waals surface area (Å²) in [7, 11) is 0. The number of hydrogen-bond donors (Lipinski definition) is 1. The molecule has 2 heterocycles. The van der Waals surface area contributed by atoms with E-state index in [-0.39, 0.29) is 6.61 Å². The third-order valence-electron chi connectivity index (χ3n) is 2.72. The molecule has 0 saturated carbocycles. The van der Waals surface area contributed by atoms with Crippen LogP contribution in [0.1, 0.15) is 16.2 Å². The summed E-state index contributed by atoms with van der Waals surface area (Å²) in [6, 6.07) is 12.4. The molecule has 0 bridgehead atoms. The monoisotopic (exact) mass is 331 g/mol. The number of nitrogens with zero attached hydrogens (tertiary/aromatic N) is 1. The molecule has 106 valence electrons. The maximum absolute atomic E-state index is 8.71. The van der Waals surface area contributed by atoms with Crippen LogP contribution in [0.3, 0.4) is 0 Å². The minimum absolute atomic E-state index is 0.124. The first-order chi connectivity index (χ1) is 10.3. The van der Waals surface area contributed by atoms with Crippen molar-refractivity contribution in [2.24, 2.45) is 0 Å². The van der Waals surface area contributed by atoms with Gasteiger partial charge in [-0.25, -0.2) is 4.98 Å². The van der Waals surface area contributed by atoms with Crippen LogP contribution in [-0.2, 0) is 5.75 Å². The number of aromatic nitrogens is 1. The number of thioether (sulfide) groups is 1. The van der Waals surface area contributed by atoms with Crippen molar-refractivity contribution in [2.45, 2.75) is 16.5 Å². The van der Waals surface area contributed by atoms with Gasteiger partial charge in [0.1, 0.15) is 0 Å². The number of para-hydroxylation sites is 1. The van der Waals surface area contributed by atoms with Crippen molar-refractivity contribution >= 4 is 44.7 Å². The summed E-state index contributed by atoms with van der Waals surface area (Å²) in [5, 5.41) is 8.71. The highest BCUT2D eigenvalue weighted by atomic mass is 32.2. The van der Waals surface area contributed by atoms with Gasteiger partial charge >= 0.3 is 0 Å². The fraction of sp³-hybridized carbons (Fsp3) is 0.188. The second-order valence-corrected chi connectivity index (χ2v) is 7.70. The Bertz CT molecular complexity index is 761. The maximum atomic E-state index is 8.71. The number of hydrogen-bond acceptors (Lipinski definition) is 5. The summed E-state index contributed by atoms with van der Waals surface area (Å²) in [5.74, 6) is 6.94. The van der Waals surface area contributed by atoms with Crippen molar-refractivity contribution in [3.8, 4) is 11.8 Å². The van der Waals surface area contributed by atoms with Gasteiger partial charge in [-0.15, -0.1) is 22.7 Å². The number of rotatable bonds is 4. The molecule has 0 aliphatic carbocycles. The molecule has 2 aromatic heterocycles. The van der Waals surface area contributed by atoms with Gasteiger partial charge in [-0.3, -0.25) is 0 Å². The number of aliphatic hydroxyl groups excluding tert-OH is 1. The average molecular weight is 331 g/mol. The third kappa shape index (κ3) is 3.86. The van der Waals surface area contributed by atoms with E-state index in [4.69, 9.17) is 5.11 Å². The Morgan fingerprint density at radius 2 is 2.05 bits per heavy atom. The first-order valence-corrected chi connectivity index (χ1v) is 9.14. The summed E-state index contributed by atoms with van der Waals surface area (Å²) < 4.78 is 2.35. The summed E-state index contributed by atoms with van der Waals surface area (Å²) in [6.07, 6.45) is 0.535. The molecule has 21 heavy (non-hydrogen) atoms. The molecule has 5 heteroatoms. The SMILES string of the molecule is OCCC#Cc1ccc(CSc2nc3ccccc3s2)s1. The van der Waals surface area contributed by atoms with E-state index in [0.29, 0.717) is 6.42 Å². The largest absolute Gasteiger partial charge is 0.395 e. The fourth-order valence-electron chi connectivity index (χ4n) is 1.77. The van der Waals surface area contributed by atoms with E-state index in [1.165, 1.54) is 9.58 Å². The molecule has 0 aliphatic rings. The predicted molar refractivity (Wildman–Crippen MR) is 92.1 cm³/mol. The van der Waals surface area contributed by atoms with Gasteiger partial charge in [-0.1, -0.05) is 35.7 Å². The molecule has 0 spiro atoms. The highest BCUT2D eigenvalue weighted by molar-refractivity contribution is 8.00. The number of aliphatic hydroxyl groups is 1. The average Bonchev–Trinajstić information content (AvgIpc) is 3.11. The van der Waals surface area contributed by atoms with Crippen LogP contribution < -0.4 is 0 Å². The van der Waals surface area contributed by atoms with Gasteiger partial charge in [0.15, 0.2) is 4.34 Å². The zero-order valence-electron chi connectivity index (χ0n) is 11.2. The molecular weight excluding hydrogens is 318 g/mol. The Morgan fingerprint density at radius 3 is 2.90 bits per heavy atom. The van der Waals surface area contributed by atoms with E-state index >= 15 is 0 Å². The van der Waals surface area contributed by atoms with E-state index in [2.05, 4.69) is 35.0 Å². The molecule has 0 aliphatic heterocycles. The fourth-order valence-corrected chi connectivity index (χ4v) is 4.77. The van der Waals surface area contributed by atoms with Crippen molar-refractivity contribution in [3.05, 3.63) is 46.2 Å². The molecule has 0 saturated heterocycles. The molecule has 2 nitrogen and oxygen atoms in total. The van der Waals surface area contributed by atoms with Crippen LogP contribution in [0, 0.1) is 11.8 Å². The number of thiazole rings is 1. The number of thiophene rings is 1. The minimum atomic E-state index is 0.124. The Balaban J connectivity index is 1.63. The van der Waals surface area contributed by atoms with Crippen molar-refractivity contribution < 1.29 is 5.11 Å². The van der Waals surface area contributed by atoms with Gasteiger partial charge in [-0.2, -0.15) is 0 Å². The van der Waals surface area contributed by atoms with Crippen LogP contribution in [0.2, 0.25) is 0 Å². The van der Waals surface area contributed by atoms with Crippen LogP contribution in [0.25, 0.3) is 10.2 Å². The summed E-state index contributed by atoms with van der Waals surface area (Å²) in [6.45, 7) is 0.124. The zero-order valence-corrected chi connectivity index (χ0v) is 13.7. The summed E-state index contributed by atoms with van der Waals surface area (Å²) >= 11 is 5.22. The van der Waals surface area contributed by atoms with E-state index in [1.807, 2.05) is 18.2 Å². The molecular formula is C16H13NOS3. The van der Waals surface area contributed by atoms with Crippen LogP contribution in [0.15, 0.2) is 40.7 Å². The minimum Gasteiger partial charge on any atom is -0.395 e. The van der Waals surface area contributed by atoms with Crippen molar-refractivity contribution in [1.29, 1.82) is 0 Å². The van der Waals surface area contributed by atoms with Crippen LogP contribution in [0.4, 0.5) is 0 Å². The lowest BCUT2D eigenvalue weighted by atomic mass is 10.3. The van der Waals surface area contributed by atoms with Crippen LogP contribution in [-0.4, -0.2) is 16.7 Å². The quantitative estimate of drug-likeness (QED) is 0.569. The molecule has 0 unspecified atom stereocenters. The second-order valence-electron chi connectivity index (χ2n) is 4.28. The Hall–Kier alpha value is -1.32. The van der Waals surface area contributed by atoms with Crippen molar-refractivity contribution in [3.63, 3.8) is 0 Å².